The largest absolute Gasteiger partial charge is 0.494 e. The van der Waals surface area contributed by atoms with Crippen LogP contribution in [0.3, 0.4) is 0 Å². The fourth-order valence-electron chi connectivity index (χ4n) is 3.32. The highest BCUT2D eigenvalue weighted by Crippen LogP contribution is 2.35. The standard InChI is InChI=1S/C19H23N7O5/c1-2-30-11-5-3-10(4-6-11)7-23-25-19-24-13-16(20)21-9-22-17(13)26(19)18-15(29)14(28)12(8-27)31-18/h3-7,9,12,14-15,18,27-29H,2,8H2,1H3,(H,24,25)(H2,20,21,22)/t12-,14-,15-,18+/m1/s1. The van der Waals surface area contributed by atoms with Gasteiger partial charge in [-0.25, -0.2) is 20.4 Å². The number of aliphatic hydroxyl groups is 3. The summed E-state index contributed by atoms with van der Waals surface area (Å²) in [7, 11) is 0. The smallest absolute Gasteiger partial charge is 0.228 e. The molecule has 4 atom stereocenters. The number of aromatic nitrogens is 4. The molecule has 3 heterocycles. The van der Waals surface area contributed by atoms with Crippen LogP contribution in [0.4, 0.5) is 11.8 Å². The topological polar surface area (TPSA) is 173 Å². The molecule has 164 valence electrons. The summed E-state index contributed by atoms with van der Waals surface area (Å²) in [6.07, 6.45) is -1.82. The molecule has 1 aromatic carbocycles. The molecular formula is C19H23N7O5. The summed E-state index contributed by atoms with van der Waals surface area (Å²) in [4.78, 5) is 12.5. The van der Waals surface area contributed by atoms with E-state index in [9.17, 15) is 15.3 Å². The van der Waals surface area contributed by atoms with Crippen molar-refractivity contribution in [1.82, 2.24) is 19.5 Å². The second-order valence-corrected chi connectivity index (χ2v) is 6.84. The molecule has 1 aliphatic rings. The van der Waals surface area contributed by atoms with Gasteiger partial charge in [-0.3, -0.25) is 4.57 Å². The molecule has 0 saturated carbocycles. The van der Waals surface area contributed by atoms with Crippen LogP contribution in [0.1, 0.15) is 18.7 Å². The fourth-order valence-corrected chi connectivity index (χ4v) is 3.32. The third kappa shape index (κ3) is 4.01. The average molecular weight is 429 g/mol. The lowest BCUT2D eigenvalue weighted by Gasteiger charge is -2.18. The highest BCUT2D eigenvalue weighted by atomic mass is 16.6. The molecule has 0 spiro atoms. The maximum absolute atomic E-state index is 10.5. The number of imidazole rings is 1. The third-order valence-corrected chi connectivity index (χ3v) is 4.85. The van der Waals surface area contributed by atoms with Crippen molar-refractivity contribution >= 4 is 29.1 Å². The number of nitrogen functional groups attached to an aromatic ring is 1. The van der Waals surface area contributed by atoms with Gasteiger partial charge in [0.05, 0.1) is 19.4 Å². The van der Waals surface area contributed by atoms with Crippen molar-refractivity contribution < 1.29 is 24.8 Å². The number of fused-ring (bicyclic) bond motifs is 1. The third-order valence-electron chi connectivity index (χ3n) is 4.85. The lowest BCUT2D eigenvalue weighted by atomic mass is 10.1. The Kier molecular flexibility index (Phi) is 5.95. The van der Waals surface area contributed by atoms with Gasteiger partial charge in [0, 0.05) is 0 Å². The number of hydrogen-bond acceptors (Lipinski definition) is 11. The van der Waals surface area contributed by atoms with Crippen LogP contribution in [-0.2, 0) is 4.74 Å². The summed E-state index contributed by atoms with van der Waals surface area (Å²) in [6, 6.07) is 7.34. The van der Waals surface area contributed by atoms with E-state index in [4.69, 9.17) is 15.2 Å². The predicted octanol–water partition coefficient (Wildman–Crippen LogP) is -0.135. The van der Waals surface area contributed by atoms with Gasteiger partial charge >= 0.3 is 0 Å². The molecule has 0 aliphatic carbocycles. The summed E-state index contributed by atoms with van der Waals surface area (Å²) < 4.78 is 12.5. The quantitative estimate of drug-likeness (QED) is 0.251. The molecule has 0 bridgehead atoms. The second-order valence-electron chi connectivity index (χ2n) is 6.84. The number of nitrogens with one attached hydrogen (secondary N) is 1. The molecule has 4 rings (SSSR count). The highest BCUT2D eigenvalue weighted by molar-refractivity contribution is 5.84. The number of anilines is 2. The Morgan fingerprint density at radius 2 is 2.03 bits per heavy atom. The van der Waals surface area contributed by atoms with Gasteiger partial charge in [-0.2, -0.15) is 5.10 Å². The molecule has 2 aromatic heterocycles. The maximum atomic E-state index is 10.5. The summed E-state index contributed by atoms with van der Waals surface area (Å²) in [5.74, 6) is 1.06. The van der Waals surface area contributed by atoms with E-state index in [0.29, 0.717) is 6.61 Å². The van der Waals surface area contributed by atoms with E-state index in [-0.39, 0.29) is 22.9 Å². The molecular weight excluding hydrogens is 406 g/mol. The van der Waals surface area contributed by atoms with Gasteiger partial charge in [0.15, 0.2) is 23.2 Å². The number of ether oxygens (including phenoxy) is 2. The van der Waals surface area contributed by atoms with Gasteiger partial charge in [0.1, 0.15) is 30.4 Å². The normalized spacial score (nSPS) is 23.6. The summed E-state index contributed by atoms with van der Waals surface area (Å²) >= 11 is 0. The van der Waals surface area contributed by atoms with Crippen LogP contribution in [0.25, 0.3) is 11.2 Å². The molecule has 0 amide bonds. The van der Waals surface area contributed by atoms with E-state index in [2.05, 4.69) is 25.5 Å². The second kappa shape index (κ2) is 8.81. The lowest BCUT2D eigenvalue weighted by molar-refractivity contribution is -0.0501. The van der Waals surface area contributed by atoms with Crippen LogP contribution in [0, 0.1) is 0 Å². The molecule has 0 radical (unpaired) electrons. The molecule has 6 N–H and O–H groups in total. The Morgan fingerprint density at radius 3 is 2.71 bits per heavy atom. The van der Waals surface area contributed by atoms with Crippen molar-refractivity contribution in [3.8, 4) is 5.75 Å². The number of hydrogen-bond donors (Lipinski definition) is 5. The number of benzene rings is 1. The molecule has 0 unspecified atom stereocenters. The molecule has 31 heavy (non-hydrogen) atoms. The van der Waals surface area contributed by atoms with Crippen molar-refractivity contribution in [3.05, 3.63) is 36.2 Å². The number of aliphatic hydroxyl groups excluding tert-OH is 3. The zero-order valence-corrected chi connectivity index (χ0v) is 16.7. The highest BCUT2D eigenvalue weighted by Gasteiger charge is 2.45. The van der Waals surface area contributed by atoms with E-state index in [1.165, 1.54) is 10.9 Å². The minimum Gasteiger partial charge on any atom is -0.494 e. The fraction of sp³-hybridized carbons (Fsp3) is 0.368. The van der Waals surface area contributed by atoms with Crippen LogP contribution >= 0.6 is 0 Å². The zero-order chi connectivity index (χ0) is 22.0. The molecule has 12 heteroatoms. The Bertz CT molecular complexity index is 1070. The summed E-state index contributed by atoms with van der Waals surface area (Å²) in [5, 5.41) is 34.2. The van der Waals surface area contributed by atoms with Gasteiger partial charge in [-0.15, -0.1) is 0 Å². The molecule has 1 fully saturated rings. The number of nitrogens with two attached hydrogens (primary N) is 1. The minimum absolute atomic E-state index is 0.133. The Hall–Kier alpha value is -3.32. The predicted molar refractivity (Wildman–Crippen MR) is 112 cm³/mol. The Morgan fingerprint density at radius 1 is 1.26 bits per heavy atom. The zero-order valence-electron chi connectivity index (χ0n) is 16.7. The lowest BCUT2D eigenvalue weighted by Crippen LogP contribution is -2.33. The first-order valence-electron chi connectivity index (χ1n) is 9.66. The molecule has 1 aliphatic heterocycles. The molecule has 12 nitrogen and oxygen atoms in total. The number of nitrogens with zero attached hydrogens (tertiary/aromatic N) is 5. The van der Waals surface area contributed by atoms with Crippen molar-refractivity contribution in [1.29, 1.82) is 0 Å². The SMILES string of the molecule is CCOc1ccc(C=NNc2nc3c(N)ncnc3n2[C@H]2O[C@H](CO)[C@@H](O)[C@H]2O)cc1. The monoisotopic (exact) mass is 429 g/mol. The minimum atomic E-state index is -1.33. The maximum Gasteiger partial charge on any atom is 0.228 e. The average Bonchev–Trinajstić information content (AvgIpc) is 3.27. The molecule has 3 aromatic rings. The van der Waals surface area contributed by atoms with Gasteiger partial charge in [-0.1, -0.05) is 0 Å². The number of hydrazone groups is 1. The van der Waals surface area contributed by atoms with Crippen LogP contribution < -0.4 is 15.9 Å². The number of rotatable bonds is 7. The van der Waals surface area contributed by atoms with Crippen LogP contribution in [0.2, 0.25) is 0 Å². The van der Waals surface area contributed by atoms with Gasteiger partial charge < -0.3 is 30.5 Å². The molecule has 1 saturated heterocycles. The van der Waals surface area contributed by atoms with Crippen LogP contribution in [0.15, 0.2) is 35.7 Å². The van der Waals surface area contributed by atoms with E-state index < -0.39 is 31.1 Å². The van der Waals surface area contributed by atoms with E-state index in [1.807, 2.05) is 31.2 Å². The van der Waals surface area contributed by atoms with E-state index >= 15 is 0 Å². The van der Waals surface area contributed by atoms with Gasteiger partial charge in [-0.05, 0) is 36.8 Å². The first-order chi connectivity index (χ1) is 15.0. The van der Waals surface area contributed by atoms with E-state index in [0.717, 1.165) is 11.3 Å². The Labute approximate surface area is 177 Å². The van der Waals surface area contributed by atoms with Gasteiger partial charge in [0.25, 0.3) is 0 Å². The van der Waals surface area contributed by atoms with Crippen molar-refractivity contribution in [2.24, 2.45) is 5.10 Å². The first-order valence-corrected chi connectivity index (χ1v) is 9.66. The Balaban J connectivity index is 1.64. The first kappa shape index (κ1) is 20.9. The van der Waals surface area contributed by atoms with Crippen LogP contribution in [-0.4, -0.2) is 72.6 Å². The summed E-state index contributed by atoms with van der Waals surface area (Å²) in [6.45, 7) is 2.03. The van der Waals surface area contributed by atoms with Crippen LogP contribution in [0.5, 0.6) is 5.75 Å². The van der Waals surface area contributed by atoms with Crippen molar-refractivity contribution in [3.63, 3.8) is 0 Å². The van der Waals surface area contributed by atoms with Crippen molar-refractivity contribution in [2.75, 3.05) is 24.4 Å². The van der Waals surface area contributed by atoms with Crippen molar-refractivity contribution in [2.45, 2.75) is 31.5 Å². The van der Waals surface area contributed by atoms with E-state index in [1.54, 1.807) is 6.21 Å². The summed E-state index contributed by atoms with van der Waals surface area (Å²) in [5.41, 5.74) is 10.1. The van der Waals surface area contributed by atoms with Gasteiger partial charge in [0.2, 0.25) is 5.95 Å².